The fourth-order valence-electron chi connectivity index (χ4n) is 20.0. The van der Waals surface area contributed by atoms with E-state index < -0.39 is 0 Å². The lowest BCUT2D eigenvalue weighted by Gasteiger charge is -2.22. The van der Waals surface area contributed by atoms with Gasteiger partial charge in [-0.25, -0.2) is 9.97 Å². The minimum Gasteiger partial charge on any atom is -0.309 e. The van der Waals surface area contributed by atoms with Crippen LogP contribution in [0.1, 0.15) is 99.9 Å². The maximum absolute atomic E-state index is 5.86. The number of aromatic nitrogens is 4. The first-order chi connectivity index (χ1) is 53.5. The first-order valence-electron chi connectivity index (χ1n) is 38.8. The summed E-state index contributed by atoms with van der Waals surface area (Å²) in [6.45, 7) is 19.0. The van der Waals surface area contributed by atoms with Crippen molar-refractivity contribution >= 4 is 43.6 Å². The number of nitrogens with zero attached hydrogens (tertiary/aromatic N) is 4. The molecule has 15 aromatic carbocycles. The molecule has 0 amide bonds. The summed E-state index contributed by atoms with van der Waals surface area (Å²) >= 11 is 0. The van der Waals surface area contributed by atoms with Crippen LogP contribution in [0.2, 0.25) is 0 Å². The molecule has 0 N–H and O–H groups in total. The second-order valence-corrected chi connectivity index (χ2v) is 33.2. The Morgan fingerprint density at radius 2 is 0.482 bits per heavy atom. The van der Waals surface area contributed by atoms with Crippen molar-refractivity contribution in [3.8, 4) is 134 Å². The van der Waals surface area contributed by atoms with E-state index in [1.807, 2.05) is 0 Å². The lowest BCUT2D eigenvalue weighted by molar-refractivity contribution is 0.660. The zero-order chi connectivity index (χ0) is 73.8. The van der Waals surface area contributed by atoms with Gasteiger partial charge in [-0.3, -0.25) is 4.57 Å². The first kappa shape index (κ1) is 64.2. The maximum atomic E-state index is 5.86. The fraction of sp³-hybridized carbons (Fsp3) is 0.113. The molecule has 0 fully saturated rings. The smallest absolute Gasteiger partial charge is 0.235 e. The summed E-state index contributed by atoms with van der Waals surface area (Å²) in [5.41, 5.74) is 41.7. The summed E-state index contributed by atoms with van der Waals surface area (Å²) in [6, 6.07) is 123. The quantitative estimate of drug-likeness (QED) is 0.144. The standard InChI is InChI=1S/C106H78N4/c1-103(2)88-33-18-14-28-75(88)79-45-37-68(58-92(79)103)64-41-49-98-84(54-64)85-55-65(69-38-46-80-76-29-15-19-34-89(76)104(3,4)93(80)59-69)42-50-99(85)109(98)73-26-22-25-72(53-73)96-62-97(83-32-13-12-27-74(83)63-23-10-9-11-24-63)108-102(107-96)110-100-51-43-66(70-39-47-81-77-30-16-20-35-90(77)105(5,6)94(81)60-70)56-86(100)87-57-67(44-52-101(87)110)71-40-48-82-78-31-17-21-36-91(78)106(7,8)95(82)61-71/h9-62H,1-8H3. The van der Waals surface area contributed by atoms with Crippen LogP contribution in [0.4, 0.5) is 0 Å². The summed E-state index contributed by atoms with van der Waals surface area (Å²) in [5.74, 6) is 0.593. The lowest BCUT2D eigenvalue weighted by atomic mass is 9.81. The van der Waals surface area contributed by atoms with Crippen molar-refractivity contribution in [3.63, 3.8) is 0 Å². The predicted molar refractivity (Wildman–Crippen MR) is 459 cm³/mol. The van der Waals surface area contributed by atoms with Crippen molar-refractivity contribution in [2.45, 2.75) is 77.0 Å². The predicted octanol–water partition coefficient (Wildman–Crippen LogP) is 27.6. The highest BCUT2D eigenvalue weighted by Crippen LogP contribution is 2.55. The van der Waals surface area contributed by atoms with E-state index in [2.05, 4.69) is 392 Å². The Kier molecular flexibility index (Phi) is 13.6. The van der Waals surface area contributed by atoms with Crippen LogP contribution < -0.4 is 0 Å². The van der Waals surface area contributed by atoms with E-state index in [0.717, 1.165) is 83.3 Å². The molecule has 0 atom stereocenters. The van der Waals surface area contributed by atoms with Crippen LogP contribution in [0.5, 0.6) is 0 Å². The van der Waals surface area contributed by atoms with Gasteiger partial charge in [-0.2, -0.15) is 0 Å². The monoisotopic (exact) mass is 1410 g/mol. The maximum Gasteiger partial charge on any atom is 0.235 e. The molecule has 110 heavy (non-hydrogen) atoms. The molecule has 3 heterocycles. The molecule has 18 aromatic rings. The average molecular weight is 1410 g/mol. The molecule has 0 saturated heterocycles. The summed E-state index contributed by atoms with van der Waals surface area (Å²) in [4.78, 5) is 11.7. The summed E-state index contributed by atoms with van der Waals surface area (Å²) in [6.07, 6.45) is 0. The van der Waals surface area contributed by atoms with E-state index in [-0.39, 0.29) is 21.7 Å². The largest absolute Gasteiger partial charge is 0.309 e. The SMILES string of the molecule is CC1(C)c2ccccc2-c2ccc(-c3ccc4c(c3)c3cc(-c5ccc6c(c5)C(C)(C)c5ccccc5-6)ccc3n4-c3cccc(-c4cc(-c5ccccc5-c5ccccc5)nc(-n5c6ccc(-c7ccc8c(c7)C(C)(C)c7ccccc7-8)cc6c6cc(-c7ccc8c(c7)C(C)(C)c7ccccc7-8)ccc65)n4)c3)cc21. The topological polar surface area (TPSA) is 35.6 Å². The van der Waals surface area contributed by atoms with Crippen LogP contribution in [-0.2, 0) is 21.7 Å². The molecule has 0 saturated carbocycles. The molecule has 0 spiro atoms. The Bertz CT molecular complexity index is 6700. The third-order valence-electron chi connectivity index (χ3n) is 25.8. The van der Waals surface area contributed by atoms with Crippen molar-refractivity contribution in [2.75, 3.05) is 0 Å². The van der Waals surface area contributed by atoms with Crippen molar-refractivity contribution in [1.29, 1.82) is 0 Å². The van der Waals surface area contributed by atoms with Crippen molar-refractivity contribution in [2.24, 2.45) is 0 Å². The van der Waals surface area contributed by atoms with Gasteiger partial charge in [-0.1, -0.05) is 292 Å². The number of hydrogen-bond acceptors (Lipinski definition) is 2. The van der Waals surface area contributed by atoms with E-state index in [1.54, 1.807) is 0 Å². The molecule has 0 unspecified atom stereocenters. The second-order valence-electron chi connectivity index (χ2n) is 33.2. The lowest BCUT2D eigenvalue weighted by Crippen LogP contribution is -2.14. The number of rotatable bonds is 9. The molecular formula is C106H78N4. The van der Waals surface area contributed by atoms with Gasteiger partial charge in [-0.15, -0.1) is 0 Å². The van der Waals surface area contributed by atoms with Gasteiger partial charge in [-0.05, 0) is 236 Å². The molecular weight excluding hydrogens is 1330 g/mol. The third-order valence-corrected chi connectivity index (χ3v) is 25.8. The highest BCUT2D eigenvalue weighted by Gasteiger charge is 2.40. The van der Waals surface area contributed by atoms with E-state index in [4.69, 9.17) is 9.97 Å². The Labute approximate surface area is 642 Å². The molecule has 4 nitrogen and oxygen atoms in total. The summed E-state index contributed by atoms with van der Waals surface area (Å²) in [7, 11) is 0. The van der Waals surface area contributed by atoms with Gasteiger partial charge in [0.05, 0.1) is 33.5 Å². The molecule has 4 aliphatic carbocycles. The van der Waals surface area contributed by atoms with Crippen molar-refractivity contribution < 1.29 is 0 Å². The van der Waals surface area contributed by atoms with Gasteiger partial charge < -0.3 is 4.57 Å². The third kappa shape index (κ3) is 9.32. The van der Waals surface area contributed by atoms with Gasteiger partial charge in [0.2, 0.25) is 5.95 Å². The Balaban J connectivity index is 0.734. The number of hydrogen-bond donors (Lipinski definition) is 0. The van der Waals surface area contributed by atoms with E-state index in [1.165, 1.54) is 133 Å². The Morgan fingerprint density at radius 1 is 0.191 bits per heavy atom. The van der Waals surface area contributed by atoms with Gasteiger partial charge in [0.25, 0.3) is 0 Å². The van der Waals surface area contributed by atoms with Gasteiger partial charge in [0, 0.05) is 60.0 Å². The van der Waals surface area contributed by atoms with E-state index in [9.17, 15) is 0 Å². The minimum absolute atomic E-state index is 0.132. The van der Waals surface area contributed by atoms with E-state index >= 15 is 0 Å². The summed E-state index contributed by atoms with van der Waals surface area (Å²) in [5, 5.41) is 4.65. The van der Waals surface area contributed by atoms with Crippen LogP contribution in [0, 0.1) is 0 Å². The first-order valence-corrected chi connectivity index (χ1v) is 38.8. The molecule has 0 bridgehead atoms. The van der Waals surface area contributed by atoms with Crippen LogP contribution in [0.15, 0.2) is 328 Å². The highest BCUT2D eigenvalue weighted by atomic mass is 15.2. The molecule has 22 rings (SSSR count). The highest BCUT2D eigenvalue weighted by molar-refractivity contribution is 6.13. The van der Waals surface area contributed by atoms with Crippen molar-refractivity contribution in [3.05, 3.63) is 372 Å². The molecule has 3 aromatic heterocycles. The Morgan fingerprint density at radius 3 is 0.864 bits per heavy atom. The normalized spacial score (nSPS) is 14.7. The van der Waals surface area contributed by atoms with Gasteiger partial charge >= 0.3 is 0 Å². The second kappa shape index (κ2) is 23.2. The number of benzene rings is 15. The van der Waals surface area contributed by atoms with Crippen LogP contribution in [-0.4, -0.2) is 19.1 Å². The molecule has 522 valence electrons. The van der Waals surface area contributed by atoms with E-state index in [0.29, 0.717) is 5.95 Å². The van der Waals surface area contributed by atoms with Crippen LogP contribution >= 0.6 is 0 Å². The fourth-order valence-corrected chi connectivity index (χ4v) is 20.0. The summed E-state index contributed by atoms with van der Waals surface area (Å²) < 4.78 is 4.80. The number of fused-ring (bicyclic) bond motifs is 18. The van der Waals surface area contributed by atoms with Crippen LogP contribution in [0.25, 0.3) is 178 Å². The Hall–Kier alpha value is -13.0. The zero-order valence-electron chi connectivity index (χ0n) is 63.0. The minimum atomic E-state index is -0.148. The molecule has 0 aliphatic heterocycles. The van der Waals surface area contributed by atoms with Gasteiger partial charge in [0.1, 0.15) is 0 Å². The van der Waals surface area contributed by atoms with Crippen LogP contribution in [0.3, 0.4) is 0 Å². The average Bonchev–Trinajstić information content (AvgIpc) is 1.59. The molecule has 4 heteroatoms. The van der Waals surface area contributed by atoms with Gasteiger partial charge in [0.15, 0.2) is 0 Å². The van der Waals surface area contributed by atoms with Crippen molar-refractivity contribution in [1.82, 2.24) is 19.1 Å². The molecule has 4 aliphatic rings. The molecule has 0 radical (unpaired) electrons. The zero-order valence-corrected chi connectivity index (χ0v) is 63.0.